The number of amides is 1. The van der Waals surface area contributed by atoms with Crippen molar-refractivity contribution in [3.63, 3.8) is 0 Å². The van der Waals surface area contributed by atoms with Crippen molar-refractivity contribution in [2.45, 2.75) is 31.8 Å². The zero-order valence-corrected chi connectivity index (χ0v) is 14.7. The molecule has 1 aliphatic heterocycles. The maximum Gasteiger partial charge on any atom is 0.237 e. The zero-order chi connectivity index (χ0) is 17.5. The summed E-state index contributed by atoms with van der Waals surface area (Å²) in [5.41, 5.74) is 10.0. The van der Waals surface area contributed by atoms with Crippen LogP contribution in [0.3, 0.4) is 0 Å². The molecule has 4 heteroatoms. The van der Waals surface area contributed by atoms with Gasteiger partial charge in [0, 0.05) is 26.2 Å². The Morgan fingerprint density at radius 2 is 1.80 bits per heavy atom. The maximum atomic E-state index is 12.1. The van der Waals surface area contributed by atoms with Gasteiger partial charge in [0.05, 0.1) is 6.04 Å². The Kier molecular flexibility index (Phi) is 6.20. The van der Waals surface area contributed by atoms with E-state index in [4.69, 9.17) is 5.73 Å². The molecule has 0 aromatic heterocycles. The number of nitrogens with zero attached hydrogens (tertiary/aromatic N) is 1. The fraction of sp³-hybridized carbons (Fsp3) is 0.381. The lowest BCUT2D eigenvalue weighted by molar-refractivity contribution is -0.122. The summed E-state index contributed by atoms with van der Waals surface area (Å²) in [4.78, 5) is 14.6. The van der Waals surface area contributed by atoms with Crippen LogP contribution >= 0.6 is 0 Å². The number of carbonyl (C=O) groups is 1. The summed E-state index contributed by atoms with van der Waals surface area (Å²) in [7, 11) is 0. The SMILES string of the molecule is NC(Cc1ccccc1)C(=O)NCCCN1CCc2ccccc2C1. The quantitative estimate of drug-likeness (QED) is 0.761. The summed E-state index contributed by atoms with van der Waals surface area (Å²) in [6.07, 6.45) is 2.64. The standard InChI is InChI=1S/C21H27N3O/c22-20(15-17-7-2-1-3-8-17)21(25)23-12-6-13-24-14-11-18-9-4-5-10-19(18)16-24/h1-5,7-10,20H,6,11-16,22H2,(H,23,25). The van der Waals surface area contributed by atoms with Crippen molar-refractivity contribution in [2.75, 3.05) is 19.6 Å². The lowest BCUT2D eigenvalue weighted by Crippen LogP contribution is -2.43. The first-order chi connectivity index (χ1) is 12.2. The Balaban J connectivity index is 1.35. The predicted molar refractivity (Wildman–Crippen MR) is 101 cm³/mol. The second kappa shape index (κ2) is 8.79. The van der Waals surface area contributed by atoms with Gasteiger partial charge in [-0.1, -0.05) is 54.6 Å². The highest BCUT2D eigenvalue weighted by atomic mass is 16.2. The Morgan fingerprint density at radius 1 is 1.08 bits per heavy atom. The molecule has 3 rings (SSSR count). The van der Waals surface area contributed by atoms with Gasteiger partial charge in [-0.25, -0.2) is 0 Å². The van der Waals surface area contributed by atoms with Crippen LogP contribution in [-0.2, 0) is 24.2 Å². The highest BCUT2D eigenvalue weighted by molar-refractivity contribution is 5.81. The van der Waals surface area contributed by atoms with E-state index in [0.717, 1.165) is 38.0 Å². The summed E-state index contributed by atoms with van der Waals surface area (Å²) in [6.45, 7) is 3.79. The Bertz CT molecular complexity index is 687. The van der Waals surface area contributed by atoms with Gasteiger partial charge in [-0.15, -0.1) is 0 Å². The molecule has 0 bridgehead atoms. The lowest BCUT2D eigenvalue weighted by atomic mass is 10.00. The average Bonchev–Trinajstić information content (AvgIpc) is 2.65. The van der Waals surface area contributed by atoms with Crippen LogP contribution in [0, 0.1) is 0 Å². The first-order valence-electron chi connectivity index (χ1n) is 9.09. The third-order valence-corrected chi connectivity index (χ3v) is 4.80. The molecule has 0 saturated carbocycles. The average molecular weight is 337 g/mol. The van der Waals surface area contributed by atoms with Gasteiger partial charge in [0.1, 0.15) is 0 Å². The molecule has 0 fully saturated rings. The third-order valence-electron chi connectivity index (χ3n) is 4.80. The van der Waals surface area contributed by atoms with E-state index < -0.39 is 6.04 Å². The second-order valence-electron chi connectivity index (χ2n) is 6.74. The van der Waals surface area contributed by atoms with Crippen LogP contribution in [0.5, 0.6) is 0 Å². The molecule has 0 saturated heterocycles. The molecule has 2 aromatic carbocycles. The molecular formula is C21H27N3O. The molecule has 1 atom stereocenters. The molecule has 0 radical (unpaired) electrons. The second-order valence-corrected chi connectivity index (χ2v) is 6.74. The van der Waals surface area contributed by atoms with Crippen LogP contribution in [-0.4, -0.2) is 36.5 Å². The van der Waals surface area contributed by atoms with Crippen molar-refractivity contribution in [3.8, 4) is 0 Å². The number of carbonyl (C=O) groups excluding carboxylic acids is 1. The van der Waals surface area contributed by atoms with Gasteiger partial charge in [0.15, 0.2) is 0 Å². The van der Waals surface area contributed by atoms with Crippen molar-refractivity contribution < 1.29 is 4.79 Å². The van der Waals surface area contributed by atoms with Gasteiger partial charge in [-0.3, -0.25) is 9.69 Å². The molecular weight excluding hydrogens is 310 g/mol. The van der Waals surface area contributed by atoms with E-state index in [0.29, 0.717) is 13.0 Å². The van der Waals surface area contributed by atoms with Crippen LogP contribution in [0.2, 0.25) is 0 Å². The largest absolute Gasteiger partial charge is 0.355 e. The number of nitrogens with two attached hydrogens (primary N) is 1. The first kappa shape index (κ1) is 17.6. The molecule has 1 amide bonds. The zero-order valence-electron chi connectivity index (χ0n) is 14.7. The number of fused-ring (bicyclic) bond motifs is 1. The molecule has 1 unspecified atom stereocenters. The molecule has 0 aliphatic carbocycles. The van der Waals surface area contributed by atoms with Crippen LogP contribution < -0.4 is 11.1 Å². The van der Waals surface area contributed by atoms with Gasteiger partial charge in [-0.2, -0.15) is 0 Å². The number of benzene rings is 2. The summed E-state index contributed by atoms with van der Waals surface area (Å²) in [6, 6.07) is 18.1. The number of nitrogens with one attached hydrogen (secondary N) is 1. The molecule has 2 aromatic rings. The first-order valence-corrected chi connectivity index (χ1v) is 9.09. The molecule has 25 heavy (non-hydrogen) atoms. The minimum Gasteiger partial charge on any atom is -0.355 e. The molecule has 3 N–H and O–H groups in total. The van der Waals surface area contributed by atoms with Gasteiger partial charge in [-0.05, 0) is 36.0 Å². The molecule has 4 nitrogen and oxygen atoms in total. The summed E-state index contributed by atoms with van der Waals surface area (Å²) in [5.74, 6) is -0.0622. The lowest BCUT2D eigenvalue weighted by Gasteiger charge is -2.28. The summed E-state index contributed by atoms with van der Waals surface area (Å²) in [5, 5.41) is 2.97. The van der Waals surface area contributed by atoms with E-state index in [-0.39, 0.29) is 5.91 Å². The summed E-state index contributed by atoms with van der Waals surface area (Å²) < 4.78 is 0. The van der Waals surface area contributed by atoms with Crippen molar-refractivity contribution in [1.82, 2.24) is 10.2 Å². The monoisotopic (exact) mass is 337 g/mol. The van der Waals surface area contributed by atoms with Gasteiger partial charge >= 0.3 is 0 Å². The van der Waals surface area contributed by atoms with Crippen molar-refractivity contribution in [2.24, 2.45) is 5.73 Å². The highest BCUT2D eigenvalue weighted by Crippen LogP contribution is 2.18. The number of hydrogen-bond acceptors (Lipinski definition) is 3. The topological polar surface area (TPSA) is 58.4 Å². The van der Waals surface area contributed by atoms with E-state index in [1.807, 2.05) is 30.3 Å². The molecule has 132 valence electrons. The minimum absolute atomic E-state index is 0.0622. The Labute approximate surface area is 150 Å². The van der Waals surface area contributed by atoms with Crippen LogP contribution in [0.15, 0.2) is 54.6 Å². The molecule has 1 aliphatic rings. The van der Waals surface area contributed by atoms with E-state index in [1.165, 1.54) is 11.1 Å². The minimum atomic E-state index is -0.482. The maximum absolute atomic E-state index is 12.1. The van der Waals surface area contributed by atoms with E-state index in [9.17, 15) is 4.79 Å². The third kappa shape index (κ3) is 5.15. The van der Waals surface area contributed by atoms with E-state index in [2.05, 4.69) is 34.5 Å². The summed E-state index contributed by atoms with van der Waals surface area (Å²) >= 11 is 0. The van der Waals surface area contributed by atoms with Gasteiger partial charge in [0.25, 0.3) is 0 Å². The fourth-order valence-electron chi connectivity index (χ4n) is 3.35. The van der Waals surface area contributed by atoms with Gasteiger partial charge < -0.3 is 11.1 Å². The number of hydrogen-bond donors (Lipinski definition) is 2. The molecule has 1 heterocycles. The van der Waals surface area contributed by atoms with Crippen molar-refractivity contribution in [1.29, 1.82) is 0 Å². The van der Waals surface area contributed by atoms with Crippen molar-refractivity contribution in [3.05, 3.63) is 71.3 Å². The Morgan fingerprint density at radius 3 is 2.60 bits per heavy atom. The predicted octanol–water partition coefficient (Wildman–Crippen LogP) is 2.12. The van der Waals surface area contributed by atoms with Gasteiger partial charge in [0.2, 0.25) is 5.91 Å². The van der Waals surface area contributed by atoms with Crippen molar-refractivity contribution >= 4 is 5.91 Å². The fourth-order valence-corrected chi connectivity index (χ4v) is 3.35. The van der Waals surface area contributed by atoms with Crippen LogP contribution in [0.25, 0.3) is 0 Å². The van der Waals surface area contributed by atoms with E-state index in [1.54, 1.807) is 0 Å². The van der Waals surface area contributed by atoms with Crippen LogP contribution in [0.1, 0.15) is 23.1 Å². The Hall–Kier alpha value is -2.17. The van der Waals surface area contributed by atoms with E-state index >= 15 is 0 Å². The smallest absolute Gasteiger partial charge is 0.237 e. The van der Waals surface area contributed by atoms with Crippen LogP contribution in [0.4, 0.5) is 0 Å². The molecule has 0 spiro atoms. The highest BCUT2D eigenvalue weighted by Gasteiger charge is 2.16. The normalized spacial score (nSPS) is 15.4. The number of rotatable bonds is 7.